The van der Waals surface area contributed by atoms with Crippen LogP contribution in [0.3, 0.4) is 0 Å². The van der Waals surface area contributed by atoms with E-state index in [0.29, 0.717) is 18.5 Å². The van der Waals surface area contributed by atoms with E-state index in [1.165, 1.54) is 5.56 Å². The first-order valence-corrected chi connectivity index (χ1v) is 5.71. The van der Waals surface area contributed by atoms with E-state index in [1.807, 2.05) is 6.20 Å². The molecule has 1 unspecified atom stereocenters. The Balaban J connectivity index is 1.96. The van der Waals surface area contributed by atoms with Crippen molar-refractivity contribution in [3.8, 4) is 0 Å². The molecule has 1 aliphatic heterocycles. The minimum absolute atomic E-state index is 0.418. The average molecular weight is 208 g/mol. The van der Waals surface area contributed by atoms with Gasteiger partial charge in [-0.25, -0.2) is 0 Å². The second-order valence-corrected chi connectivity index (χ2v) is 4.40. The summed E-state index contributed by atoms with van der Waals surface area (Å²) in [5.74, 6) is 0.418. The Hall–Kier alpha value is -0.870. The van der Waals surface area contributed by atoms with E-state index in [-0.39, 0.29) is 0 Å². The minimum atomic E-state index is 0.418. The molecule has 4 heteroatoms. The van der Waals surface area contributed by atoms with E-state index in [1.54, 1.807) is 0 Å². The zero-order valence-corrected chi connectivity index (χ0v) is 9.56. The molecule has 84 valence electrons. The highest BCUT2D eigenvalue weighted by molar-refractivity contribution is 5.11. The Morgan fingerprint density at radius 3 is 2.93 bits per heavy atom. The van der Waals surface area contributed by atoms with Crippen molar-refractivity contribution < 1.29 is 0 Å². The Morgan fingerprint density at radius 2 is 2.33 bits per heavy atom. The van der Waals surface area contributed by atoms with Gasteiger partial charge in [0.05, 0.1) is 12.2 Å². The SMILES string of the molecule is CCN1CC(n2cc(C(C)CN)cn2)C1. The second kappa shape index (κ2) is 4.33. The number of likely N-dealkylation sites (N-methyl/N-ethyl adjacent to an activating group) is 1. The number of nitrogens with two attached hydrogens (primary N) is 1. The predicted octanol–water partition coefficient (Wildman–Crippen LogP) is 0.822. The third kappa shape index (κ3) is 2.06. The molecule has 1 fully saturated rings. The first-order valence-electron chi connectivity index (χ1n) is 5.71. The molecule has 1 aromatic rings. The van der Waals surface area contributed by atoms with Gasteiger partial charge < -0.3 is 5.73 Å². The van der Waals surface area contributed by atoms with Crippen LogP contribution in [0.25, 0.3) is 0 Å². The number of hydrogen-bond acceptors (Lipinski definition) is 3. The molecule has 0 bridgehead atoms. The van der Waals surface area contributed by atoms with E-state index < -0.39 is 0 Å². The summed E-state index contributed by atoms with van der Waals surface area (Å²) in [5, 5.41) is 4.41. The van der Waals surface area contributed by atoms with Crippen LogP contribution in [0.5, 0.6) is 0 Å². The molecular formula is C11H20N4. The molecule has 2 rings (SSSR count). The first-order chi connectivity index (χ1) is 7.24. The topological polar surface area (TPSA) is 47.1 Å². The summed E-state index contributed by atoms with van der Waals surface area (Å²) >= 11 is 0. The smallest absolute Gasteiger partial charge is 0.0772 e. The van der Waals surface area contributed by atoms with Crippen LogP contribution in [0.4, 0.5) is 0 Å². The van der Waals surface area contributed by atoms with E-state index in [9.17, 15) is 0 Å². The van der Waals surface area contributed by atoms with Gasteiger partial charge >= 0.3 is 0 Å². The highest BCUT2D eigenvalue weighted by atomic mass is 15.4. The molecule has 0 aromatic carbocycles. The number of nitrogens with zero attached hydrogens (tertiary/aromatic N) is 3. The molecule has 2 N–H and O–H groups in total. The highest BCUT2D eigenvalue weighted by Gasteiger charge is 2.27. The van der Waals surface area contributed by atoms with Gasteiger partial charge in [0.15, 0.2) is 0 Å². The summed E-state index contributed by atoms with van der Waals surface area (Å²) in [4.78, 5) is 2.42. The summed E-state index contributed by atoms with van der Waals surface area (Å²) in [5.41, 5.74) is 6.89. The van der Waals surface area contributed by atoms with E-state index >= 15 is 0 Å². The van der Waals surface area contributed by atoms with Crippen LogP contribution in [0.2, 0.25) is 0 Å². The maximum absolute atomic E-state index is 5.63. The maximum atomic E-state index is 5.63. The summed E-state index contributed by atoms with van der Waals surface area (Å²) in [6, 6.07) is 0.573. The molecule has 0 spiro atoms. The molecule has 0 amide bonds. The molecule has 2 heterocycles. The molecule has 1 atom stereocenters. The molecule has 1 saturated heterocycles. The van der Waals surface area contributed by atoms with Crippen molar-refractivity contribution in [1.29, 1.82) is 0 Å². The lowest BCUT2D eigenvalue weighted by Gasteiger charge is -2.38. The van der Waals surface area contributed by atoms with Gasteiger partial charge in [-0.2, -0.15) is 5.10 Å². The second-order valence-electron chi connectivity index (χ2n) is 4.40. The van der Waals surface area contributed by atoms with Crippen LogP contribution in [-0.2, 0) is 0 Å². The Kier molecular flexibility index (Phi) is 3.07. The van der Waals surface area contributed by atoms with Gasteiger partial charge in [-0.15, -0.1) is 0 Å². The Labute approximate surface area is 91.1 Å². The Bertz CT molecular complexity index is 314. The van der Waals surface area contributed by atoms with E-state index in [0.717, 1.165) is 19.6 Å². The fraction of sp³-hybridized carbons (Fsp3) is 0.727. The fourth-order valence-electron chi connectivity index (χ4n) is 1.91. The molecular weight excluding hydrogens is 188 g/mol. The van der Waals surface area contributed by atoms with Crippen molar-refractivity contribution in [2.45, 2.75) is 25.8 Å². The van der Waals surface area contributed by atoms with Gasteiger partial charge in [-0.3, -0.25) is 9.58 Å². The third-order valence-corrected chi connectivity index (χ3v) is 3.30. The van der Waals surface area contributed by atoms with Gasteiger partial charge in [0.2, 0.25) is 0 Å². The number of aromatic nitrogens is 2. The van der Waals surface area contributed by atoms with Crippen molar-refractivity contribution in [3.05, 3.63) is 18.0 Å². The molecule has 15 heavy (non-hydrogen) atoms. The van der Waals surface area contributed by atoms with Crippen molar-refractivity contribution in [3.63, 3.8) is 0 Å². The quantitative estimate of drug-likeness (QED) is 0.797. The lowest BCUT2D eigenvalue weighted by Crippen LogP contribution is -2.47. The minimum Gasteiger partial charge on any atom is -0.330 e. The zero-order valence-electron chi connectivity index (χ0n) is 9.56. The zero-order chi connectivity index (χ0) is 10.8. The number of likely N-dealkylation sites (tertiary alicyclic amines) is 1. The van der Waals surface area contributed by atoms with Crippen LogP contribution in [0.15, 0.2) is 12.4 Å². The van der Waals surface area contributed by atoms with Crippen LogP contribution in [0.1, 0.15) is 31.4 Å². The number of hydrogen-bond donors (Lipinski definition) is 1. The van der Waals surface area contributed by atoms with Crippen LogP contribution >= 0.6 is 0 Å². The normalized spacial score (nSPS) is 20.2. The lowest BCUT2D eigenvalue weighted by atomic mass is 10.1. The largest absolute Gasteiger partial charge is 0.330 e. The van der Waals surface area contributed by atoms with Gasteiger partial charge in [-0.05, 0) is 24.6 Å². The first kappa shape index (κ1) is 10.6. The van der Waals surface area contributed by atoms with Crippen molar-refractivity contribution in [1.82, 2.24) is 14.7 Å². The highest BCUT2D eigenvalue weighted by Crippen LogP contribution is 2.22. The molecule has 1 aromatic heterocycles. The maximum Gasteiger partial charge on any atom is 0.0772 e. The van der Waals surface area contributed by atoms with Crippen molar-refractivity contribution >= 4 is 0 Å². The van der Waals surface area contributed by atoms with Crippen molar-refractivity contribution in [2.75, 3.05) is 26.2 Å². The lowest BCUT2D eigenvalue weighted by molar-refractivity contribution is 0.105. The molecule has 0 radical (unpaired) electrons. The number of rotatable bonds is 4. The van der Waals surface area contributed by atoms with Crippen LogP contribution in [-0.4, -0.2) is 40.9 Å². The standard InChI is InChI=1S/C11H20N4/c1-3-14-7-11(8-14)15-6-10(5-13-15)9(2)4-12/h5-6,9,11H,3-4,7-8,12H2,1-2H3. The van der Waals surface area contributed by atoms with Gasteiger partial charge in [-0.1, -0.05) is 13.8 Å². The average Bonchev–Trinajstić information content (AvgIpc) is 2.64. The Morgan fingerprint density at radius 1 is 1.60 bits per heavy atom. The fourth-order valence-corrected chi connectivity index (χ4v) is 1.91. The predicted molar refractivity (Wildman–Crippen MR) is 60.8 cm³/mol. The van der Waals surface area contributed by atoms with Crippen molar-refractivity contribution in [2.24, 2.45) is 5.73 Å². The summed E-state index contributed by atoms with van der Waals surface area (Å²) < 4.78 is 2.09. The van der Waals surface area contributed by atoms with Gasteiger partial charge in [0.25, 0.3) is 0 Å². The van der Waals surface area contributed by atoms with Crippen LogP contribution in [0, 0.1) is 0 Å². The van der Waals surface area contributed by atoms with E-state index in [4.69, 9.17) is 5.73 Å². The summed E-state index contributed by atoms with van der Waals surface area (Å²) in [6.07, 6.45) is 4.10. The van der Waals surface area contributed by atoms with Crippen LogP contribution < -0.4 is 5.73 Å². The monoisotopic (exact) mass is 208 g/mol. The molecule has 0 saturated carbocycles. The molecule has 1 aliphatic rings. The summed E-state index contributed by atoms with van der Waals surface area (Å²) in [7, 11) is 0. The van der Waals surface area contributed by atoms with Gasteiger partial charge in [0, 0.05) is 19.3 Å². The van der Waals surface area contributed by atoms with E-state index in [2.05, 4.69) is 34.7 Å². The molecule has 4 nitrogen and oxygen atoms in total. The molecule has 0 aliphatic carbocycles. The van der Waals surface area contributed by atoms with Gasteiger partial charge in [0.1, 0.15) is 0 Å². The summed E-state index contributed by atoms with van der Waals surface area (Å²) in [6.45, 7) is 8.44. The third-order valence-electron chi connectivity index (χ3n) is 3.30.